The van der Waals surface area contributed by atoms with E-state index in [1.165, 1.54) is 23.9 Å². The number of furan rings is 1. The topological polar surface area (TPSA) is 69.2 Å². The lowest BCUT2D eigenvalue weighted by Crippen LogP contribution is -1.90. The molecule has 0 bridgehead atoms. The lowest BCUT2D eigenvalue weighted by Gasteiger charge is -2.00. The van der Waals surface area contributed by atoms with Gasteiger partial charge in [-0.1, -0.05) is 23.4 Å². The van der Waals surface area contributed by atoms with E-state index < -0.39 is 4.92 Å². The lowest BCUT2D eigenvalue weighted by molar-refractivity contribution is -0.385. The first-order valence-electron chi connectivity index (χ1n) is 4.60. The van der Waals surface area contributed by atoms with Gasteiger partial charge in [-0.15, -0.1) is 0 Å². The summed E-state index contributed by atoms with van der Waals surface area (Å²) >= 11 is 6.99. The molecule has 0 aliphatic heterocycles. The lowest BCUT2D eigenvalue weighted by atomic mass is 10.4. The zero-order valence-electron chi connectivity index (χ0n) is 8.71. The Kier molecular flexibility index (Phi) is 3.35. The van der Waals surface area contributed by atoms with Gasteiger partial charge in [0, 0.05) is 6.07 Å². The van der Waals surface area contributed by atoms with E-state index in [1.807, 2.05) is 0 Å². The number of hydrogen-bond donors (Lipinski definition) is 0. The zero-order chi connectivity index (χ0) is 12.4. The molecule has 0 unspecified atom stereocenters. The van der Waals surface area contributed by atoms with Crippen LogP contribution >= 0.6 is 23.4 Å². The zero-order valence-corrected chi connectivity index (χ0v) is 10.3. The highest BCUT2D eigenvalue weighted by Gasteiger charge is 2.12. The molecule has 7 heteroatoms. The van der Waals surface area contributed by atoms with E-state index in [9.17, 15) is 10.1 Å². The molecule has 0 aliphatic carbocycles. The molecular formula is C10H7ClN2O3S. The van der Waals surface area contributed by atoms with Gasteiger partial charge < -0.3 is 4.42 Å². The Morgan fingerprint density at radius 2 is 2.29 bits per heavy atom. The molecule has 0 fully saturated rings. The van der Waals surface area contributed by atoms with Gasteiger partial charge in [0.15, 0.2) is 0 Å². The van der Waals surface area contributed by atoms with Crippen LogP contribution in [0.2, 0.25) is 5.15 Å². The Morgan fingerprint density at radius 1 is 1.53 bits per heavy atom. The highest BCUT2D eigenvalue weighted by Crippen LogP contribution is 2.32. The van der Waals surface area contributed by atoms with Gasteiger partial charge >= 0.3 is 0 Å². The van der Waals surface area contributed by atoms with Crippen LogP contribution in [0.4, 0.5) is 5.69 Å². The first-order valence-corrected chi connectivity index (χ1v) is 5.79. The molecule has 0 aromatic carbocycles. The Labute approximate surface area is 106 Å². The van der Waals surface area contributed by atoms with Crippen molar-refractivity contribution >= 4 is 29.1 Å². The molecule has 0 radical (unpaired) electrons. The number of pyridine rings is 1. The molecular weight excluding hydrogens is 264 g/mol. The molecule has 0 saturated carbocycles. The Bertz CT molecular complexity index is 570. The minimum Gasteiger partial charge on any atom is -0.468 e. The van der Waals surface area contributed by atoms with Gasteiger partial charge in [-0.05, 0) is 13.0 Å². The second-order valence-electron chi connectivity index (χ2n) is 3.19. The van der Waals surface area contributed by atoms with Crippen molar-refractivity contribution in [2.75, 3.05) is 0 Å². The van der Waals surface area contributed by atoms with E-state index in [0.717, 1.165) is 10.7 Å². The molecule has 0 aliphatic rings. The van der Waals surface area contributed by atoms with Crippen molar-refractivity contribution in [1.29, 1.82) is 0 Å². The highest BCUT2D eigenvalue weighted by atomic mass is 35.5. The number of rotatable bonds is 3. The number of aryl methyl sites for hydroxylation is 1. The molecule has 2 rings (SSSR count). The molecule has 5 nitrogen and oxygen atoms in total. The monoisotopic (exact) mass is 270 g/mol. The minimum atomic E-state index is -0.500. The Hall–Kier alpha value is -1.53. The van der Waals surface area contributed by atoms with Crippen molar-refractivity contribution in [3.8, 4) is 0 Å². The maximum atomic E-state index is 10.7. The van der Waals surface area contributed by atoms with Crippen LogP contribution in [-0.2, 0) is 0 Å². The van der Waals surface area contributed by atoms with Crippen LogP contribution in [0, 0.1) is 17.0 Å². The summed E-state index contributed by atoms with van der Waals surface area (Å²) in [5.74, 6) is 0.736. The smallest absolute Gasteiger partial charge is 0.275 e. The molecule has 2 aromatic rings. The summed E-state index contributed by atoms with van der Waals surface area (Å²) < 4.78 is 5.13. The SMILES string of the molecule is Cc1occc1Sc1cc([N+](=O)[O-])cc(Cl)n1. The Morgan fingerprint density at radius 3 is 2.88 bits per heavy atom. The third-order valence-electron chi connectivity index (χ3n) is 1.99. The molecule has 88 valence electrons. The average molecular weight is 271 g/mol. The fraction of sp³-hybridized carbons (Fsp3) is 0.100. The first-order chi connectivity index (χ1) is 8.06. The van der Waals surface area contributed by atoms with Gasteiger partial charge in [0.1, 0.15) is 15.9 Å². The van der Waals surface area contributed by atoms with Crippen LogP contribution in [0.25, 0.3) is 0 Å². The van der Waals surface area contributed by atoms with E-state index in [0.29, 0.717) is 5.03 Å². The maximum Gasteiger partial charge on any atom is 0.275 e. The van der Waals surface area contributed by atoms with Crippen LogP contribution in [-0.4, -0.2) is 9.91 Å². The molecule has 0 spiro atoms. The van der Waals surface area contributed by atoms with Gasteiger partial charge in [-0.3, -0.25) is 10.1 Å². The van der Waals surface area contributed by atoms with E-state index >= 15 is 0 Å². The number of nitrogens with zero attached hydrogens (tertiary/aromatic N) is 2. The number of halogens is 1. The van der Waals surface area contributed by atoms with Crippen LogP contribution in [0.5, 0.6) is 0 Å². The van der Waals surface area contributed by atoms with E-state index in [-0.39, 0.29) is 10.8 Å². The van der Waals surface area contributed by atoms with Crippen molar-refractivity contribution in [3.63, 3.8) is 0 Å². The molecule has 0 amide bonds. The summed E-state index contributed by atoms with van der Waals surface area (Å²) in [6.45, 7) is 1.81. The number of hydrogen-bond acceptors (Lipinski definition) is 5. The van der Waals surface area contributed by atoms with Crippen molar-refractivity contribution < 1.29 is 9.34 Å². The van der Waals surface area contributed by atoms with Gasteiger partial charge in [0.05, 0.1) is 22.1 Å². The number of aromatic nitrogens is 1. The van der Waals surface area contributed by atoms with Gasteiger partial charge in [-0.2, -0.15) is 0 Å². The van der Waals surface area contributed by atoms with E-state index in [4.69, 9.17) is 16.0 Å². The van der Waals surface area contributed by atoms with Crippen LogP contribution in [0.1, 0.15) is 5.76 Å². The third kappa shape index (κ3) is 2.78. The summed E-state index contributed by atoms with van der Waals surface area (Å²) in [6.07, 6.45) is 1.55. The summed E-state index contributed by atoms with van der Waals surface area (Å²) in [7, 11) is 0. The fourth-order valence-electron chi connectivity index (χ4n) is 1.21. The molecule has 0 atom stereocenters. The summed E-state index contributed by atoms with van der Waals surface area (Å²) in [4.78, 5) is 15.0. The maximum absolute atomic E-state index is 10.7. The third-order valence-corrected chi connectivity index (χ3v) is 3.25. The van der Waals surface area contributed by atoms with E-state index in [1.54, 1.807) is 19.3 Å². The van der Waals surface area contributed by atoms with Gasteiger partial charge in [0.25, 0.3) is 5.69 Å². The van der Waals surface area contributed by atoms with Crippen molar-refractivity contribution in [1.82, 2.24) is 4.98 Å². The highest BCUT2D eigenvalue weighted by molar-refractivity contribution is 7.99. The molecule has 0 N–H and O–H groups in total. The van der Waals surface area contributed by atoms with Crippen LogP contribution in [0.15, 0.2) is 38.8 Å². The quantitative estimate of drug-likeness (QED) is 0.483. The van der Waals surface area contributed by atoms with Crippen molar-refractivity contribution in [2.45, 2.75) is 16.8 Å². The summed E-state index contributed by atoms with van der Waals surface area (Å²) in [6, 6.07) is 4.37. The number of nitro groups is 1. The second kappa shape index (κ2) is 4.77. The second-order valence-corrected chi connectivity index (χ2v) is 4.64. The van der Waals surface area contributed by atoms with Crippen LogP contribution in [0.3, 0.4) is 0 Å². The standard InChI is InChI=1S/C10H7ClN2O3S/c1-6-8(2-3-16-6)17-10-5-7(13(14)15)4-9(11)12-10/h2-5H,1H3. The molecule has 17 heavy (non-hydrogen) atoms. The predicted octanol–water partition coefficient (Wildman–Crippen LogP) is 3.70. The van der Waals surface area contributed by atoms with Gasteiger partial charge in [0.2, 0.25) is 0 Å². The Balaban J connectivity index is 2.33. The van der Waals surface area contributed by atoms with Gasteiger partial charge in [-0.25, -0.2) is 4.98 Å². The minimum absolute atomic E-state index is 0.0753. The largest absolute Gasteiger partial charge is 0.468 e. The fourth-order valence-corrected chi connectivity index (χ4v) is 2.33. The normalized spacial score (nSPS) is 10.5. The molecule has 0 saturated heterocycles. The first kappa shape index (κ1) is 11.9. The van der Waals surface area contributed by atoms with Crippen molar-refractivity contribution in [2.24, 2.45) is 0 Å². The van der Waals surface area contributed by atoms with Crippen LogP contribution < -0.4 is 0 Å². The molecule has 2 aromatic heterocycles. The summed E-state index contributed by atoms with van der Waals surface area (Å²) in [5, 5.41) is 11.2. The van der Waals surface area contributed by atoms with Crippen molar-refractivity contribution in [3.05, 3.63) is 45.5 Å². The van der Waals surface area contributed by atoms with E-state index in [2.05, 4.69) is 4.98 Å². The average Bonchev–Trinajstić information content (AvgIpc) is 2.63. The summed E-state index contributed by atoms with van der Waals surface area (Å²) in [5.41, 5.74) is -0.0753. The predicted molar refractivity (Wildman–Crippen MR) is 63.5 cm³/mol. The molecule has 2 heterocycles.